The third kappa shape index (κ3) is 5.14. The highest BCUT2D eigenvalue weighted by atomic mass is 16.5. The van der Waals surface area contributed by atoms with Crippen molar-refractivity contribution >= 4 is 23.9 Å². The molecule has 4 rings (SSSR count). The van der Waals surface area contributed by atoms with Crippen molar-refractivity contribution in [1.82, 2.24) is 16.0 Å². The normalized spacial score (nSPS) is 17.5. The number of ether oxygens (including phenoxy) is 1. The summed E-state index contributed by atoms with van der Waals surface area (Å²) in [4.78, 5) is 47.4. The van der Waals surface area contributed by atoms with Crippen LogP contribution in [-0.4, -0.2) is 54.7 Å². The van der Waals surface area contributed by atoms with Crippen LogP contribution in [0.15, 0.2) is 48.5 Å². The monoisotopic (exact) mass is 451 g/mol. The summed E-state index contributed by atoms with van der Waals surface area (Å²) in [7, 11) is 0. The lowest BCUT2D eigenvalue weighted by Crippen LogP contribution is -2.49. The smallest absolute Gasteiger partial charge is 0.407 e. The minimum Gasteiger partial charge on any atom is -0.481 e. The third-order valence-corrected chi connectivity index (χ3v) is 5.96. The number of amides is 3. The van der Waals surface area contributed by atoms with Gasteiger partial charge in [-0.15, -0.1) is 0 Å². The molecule has 0 aromatic heterocycles. The van der Waals surface area contributed by atoms with Crippen LogP contribution in [0, 0.1) is 5.92 Å². The number of rotatable bonds is 8. The summed E-state index contributed by atoms with van der Waals surface area (Å²) < 4.78 is 5.42. The molecule has 2 unspecified atom stereocenters. The number of carbonyl (C=O) groups is 4. The Morgan fingerprint density at radius 2 is 1.70 bits per heavy atom. The second kappa shape index (κ2) is 9.72. The first-order valence-corrected chi connectivity index (χ1v) is 10.8. The average Bonchev–Trinajstić information content (AvgIpc) is 3.36. The van der Waals surface area contributed by atoms with Crippen LogP contribution in [-0.2, 0) is 19.1 Å². The molecule has 2 aromatic carbocycles. The van der Waals surface area contributed by atoms with E-state index in [9.17, 15) is 19.2 Å². The fourth-order valence-corrected chi connectivity index (χ4v) is 4.34. The number of hydrogen-bond donors (Lipinski definition) is 4. The number of alkyl carbamates (subject to hydrolysis) is 1. The molecule has 1 aliphatic carbocycles. The number of aliphatic carboxylic acids is 1. The van der Waals surface area contributed by atoms with Crippen LogP contribution in [0.25, 0.3) is 11.1 Å². The summed E-state index contributed by atoms with van der Waals surface area (Å²) in [6, 6.07) is 14.5. The van der Waals surface area contributed by atoms with Gasteiger partial charge in [0.05, 0.1) is 6.42 Å². The van der Waals surface area contributed by atoms with Gasteiger partial charge in [-0.05, 0) is 22.3 Å². The highest BCUT2D eigenvalue weighted by Crippen LogP contribution is 2.44. The van der Waals surface area contributed by atoms with Gasteiger partial charge in [0, 0.05) is 31.3 Å². The molecule has 2 aliphatic rings. The third-order valence-electron chi connectivity index (χ3n) is 5.96. The van der Waals surface area contributed by atoms with E-state index in [-0.39, 0.29) is 30.9 Å². The molecule has 2 atom stereocenters. The van der Waals surface area contributed by atoms with E-state index in [4.69, 9.17) is 9.84 Å². The quantitative estimate of drug-likeness (QED) is 0.482. The number of carboxylic acid groups (broad SMARTS) is 1. The number of fused-ring (bicyclic) bond motifs is 3. The maximum absolute atomic E-state index is 12.5. The highest BCUT2D eigenvalue weighted by molar-refractivity contribution is 5.89. The summed E-state index contributed by atoms with van der Waals surface area (Å²) >= 11 is 0. The molecule has 1 aliphatic heterocycles. The molecule has 0 bridgehead atoms. The van der Waals surface area contributed by atoms with Crippen molar-refractivity contribution in [2.24, 2.45) is 5.92 Å². The van der Waals surface area contributed by atoms with Gasteiger partial charge in [0.15, 0.2) is 0 Å². The lowest BCUT2D eigenvalue weighted by molar-refractivity contribution is -0.139. The van der Waals surface area contributed by atoms with Crippen LogP contribution < -0.4 is 16.0 Å². The van der Waals surface area contributed by atoms with Gasteiger partial charge < -0.3 is 25.8 Å². The van der Waals surface area contributed by atoms with Gasteiger partial charge in [0.2, 0.25) is 11.8 Å². The summed E-state index contributed by atoms with van der Waals surface area (Å²) in [6.45, 7) is 0.708. The van der Waals surface area contributed by atoms with Crippen molar-refractivity contribution in [3.05, 3.63) is 59.7 Å². The average molecular weight is 451 g/mol. The predicted octanol–water partition coefficient (Wildman–Crippen LogP) is 1.62. The Hall–Kier alpha value is -3.88. The van der Waals surface area contributed by atoms with Crippen molar-refractivity contribution < 1.29 is 29.0 Å². The Morgan fingerprint density at radius 3 is 2.27 bits per heavy atom. The summed E-state index contributed by atoms with van der Waals surface area (Å²) in [5.41, 5.74) is 4.27. The second-order valence-corrected chi connectivity index (χ2v) is 8.24. The Labute approximate surface area is 190 Å². The molecule has 9 nitrogen and oxygen atoms in total. The van der Waals surface area contributed by atoms with E-state index >= 15 is 0 Å². The standard InChI is InChI=1S/C24H25N3O6/c28-21-9-14(11-25-21)12-26-23(31)20(10-22(29)30)27-24(32)33-13-19-17-7-3-1-5-15(17)16-6-2-4-8-18(16)19/h1-8,14,19-20H,9-13H2,(H,25,28)(H,26,31)(H,27,32)(H,29,30). The molecular formula is C24H25N3O6. The van der Waals surface area contributed by atoms with E-state index in [0.717, 1.165) is 22.3 Å². The van der Waals surface area contributed by atoms with Crippen LogP contribution in [0.1, 0.15) is 29.9 Å². The van der Waals surface area contributed by atoms with Gasteiger partial charge in [0.25, 0.3) is 0 Å². The molecule has 0 spiro atoms. The molecule has 1 saturated heterocycles. The van der Waals surface area contributed by atoms with Gasteiger partial charge in [-0.2, -0.15) is 0 Å². The Kier molecular flexibility index (Phi) is 6.58. The summed E-state index contributed by atoms with van der Waals surface area (Å²) in [5, 5.41) is 16.8. The highest BCUT2D eigenvalue weighted by Gasteiger charge is 2.30. The summed E-state index contributed by atoms with van der Waals surface area (Å²) in [6.07, 6.45) is -1.15. The van der Waals surface area contributed by atoms with Crippen molar-refractivity contribution in [3.63, 3.8) is 0 Å². The molecule has 2 aromatic rings. The van der Waals surface area contributed by atoms with E-state index < -0.39 is 30.4 Å². The van der Waals surface area contributed by atoms with Crippen LogP contribution in [0.5, 0.6) is 0 Å². The number of benzene rings is 2. The lowest BCUT2D eigenvalue weighted by atomic mass is 9.98. The number of nitrogens with one attached hydrogen (secondary N) is 3. The molecule has 172 valence electrons. The number of carbonyl (C=O) groups excluding carboxylic acids is 3. The van der Waals surface area contributed by atoms with E-state index in [2.05, 4.69) is 16.0 Å². The maximum Gasteiger partial charge on any atom is 0.407 e. The zero-order valence-corrected chi connectivity index (χ0v) is 17.9. The first-order chi connectivity index (χ1) is 15.9. The van der Waals surface area contributed by atoms with Crippen LogP contribution in [0.4, 0.5) is 4.79 Å². The minimum absolute atomic E-state index is 0.0527. The molecule has 3 amide bonds. The topological polar surface area (TPSA) is 134 Å². The molecule has 0 radical (unpaired) electrons. The van der Waals surface area contributed by atoms with E-state index in [1.807, 2.05) is 48.5 Å². The van der Waals surface area contributed by atoms with Crippen molar-refractivity contribution in [1.29, 1.82) is 0 Å². The molecule has 1 heterocycles. The van der Waals surface area contributed by atoms with Crippen LogP contribution in [0.3, 0.4) is 0 Å². The van der Waals surface area contributed by atoms with Gasteiger partial charge in [-0.25, -0.2) is 4.79 Å². The van der Waals surface area contributed by atoms with Crippen molar-refractivity contribution in [3.8, 4) is 11.1 Å². The van der Waals surface area contributed by atoms with Gasteiger partial charge in [-0.1, -0.05) is 48.5 Å². The molecular weight excluding hydrogens is 426 g/mol. The molecule has 4 N–H and O–H groups in total. The van der Waals surface area contributed by atoms with E-state index in [0.29, 0.717) is 13.0 Å². The molecule has 33 heavy (non-hydrogen) atoms. The first-order valence-electron chi connectivity index (χ1n) is 10.8. The second-order valence-electron chi connectivity index (χ2n) is 8.24. The Morgan fingerprint density at radius 1 is 1.06 bits per heavy atom. The largest absolute Gasteiger partial charge is 0.481 e. The van der Waals surface area contributed by atoms with Gasteiger partial charge in [-0.3, -0.25) is 14.4 Å². The SMILES string of the molecule is O=C(O)CC(NC(=O)OCC1c2ccccc2-c2ccccc21)C(=O)NCC1CNC(=O)C1. The van der Waals surface area contributed by atoms with Crippen LogP contribution >= 0.6 is 0 Å². The Balaban J connectivity index is 1.36. The number of hydrogen-bond acceptors (Lipinski definition) is 5. The minimum atomic E-state index is -1.29. The zero-order valence-electron chi connectivity index (χ0n) is 17.9. The van der Waals surface area contributed by atoms with E-state index in [1.54, 1.807) is 0 Å². The first kappa shape index (κ1) is 22.3. The molecule has 9 heteroatoms. The fraction of sp³-hybridized carbons (Fsp3) is 0.333. The predicted molar refractivity (Wildman–Crippen MR) is 118 cm³/mol. The van der Waals surface area contributed by atoms with Gasteiger partial charge >= 0.3 is 12.1 Å². The zero-order chi connectivity index (χ0) is 23.4. The van der Waals surface area contributed by atoms with Crippen molar-refractivity contribution in [2.45, 2.75) is 24.8 Å². The molecule has 0 saturated carbocycles. The number of carboxylic acids is 1. The van der Waals surface area contributed by atoms with Crippen LogP contribution in [0.2, 0.25) is 0 Å². The Bertz CT molecular complexity index is 1040. The maximum atomic E-state index is 12.5. The van der Waals surface area contributed by atoms with Gasteiger partial charge in [0.1, 0.15) is 12.6 Å². The summed E-state index contributed by atoms with van der Waals surface area (Å²) in [5.74, 6) is -2.17. The lowest BCUT2D eigenvalue weighted by Gasteiger charge is -2.19. The van der Waals surface area contributed by atoms with Crippen molar-refractivity contribution in [2.75, 3.05) is 19.7 Å². The molecule has 1 fully saturated rings. The fourth-order valence-electron chi connectivity index (χ4n) is 4.34. The van der Waals surface area contributed by atoms with E-state index in [1.165, 1.54) is 0 Å².